The number of hydrogen-bond donors (Lipinski definition) is 0. The molecule has 0 atom stereocenters. The topological polar surface area (TPSA) is 59.1 Å². The smallest absolute Gasteiger partial charge is 0.254 e. The highest BCUT2D eigenvalue weighted by Gasteiger charge is 2.23. The van der Waals surface area contributed by atoms with Crippen LogP contribution in [0.1, 0.15) is 39.7 Å². The van der Waals surface area contributed by atoms with Gasteiger partial charge in [0.1, 0.15) is 6.54 Å². The third kappa shape index (κ3) is 7.24. The van der Waals surface area contributed by atoms with Gasteiger partial charge in [-0.1, -0.05) is 30.7 Å². The van der Waals surface area contributed by atoms with Gasteiger partial charge < -0.3 is 19.3 Å². The predicted octanol–water partition coefficient (Wildman–Crippen LogP) is 5.85. The van der Waals surface area contributed by atoms with Crippen LogP contribution in [-0.2, 0) is 17.8 Å². The van der Waals surface area contributed by atoms with Crippen molar-refractivity contribution in [3.63, 3.8) is 0 Å². The van der Waals surface area contributed by atoms with Crippen LogP contribution in [0.25, 0.3) is 0 Å². The fourth-order valence-electron chi connectivity index (χ4n) is 3.92. The van der Waals surface area contributed by atoms with Crippen molar-refractivity contribution in [2.45, 2.75) is 33.2 Å². The van der Waals surface area contributed by atoms with E-state index in [1.165, 1.54) is 0 Å². The third-order valence-corrected chi connectivity index (χ3v) is 7.19. The van der Waals surface area contributed by atoms with Gasteiger partial charge in [-0.25, -0.2) is 0 Å². The summed E-state index contributed by atoms with van der Waals surface area (Å²) >= 11 is 7.74. The fraction of sp³-hybridized carbons (Fsp3) is 0.357. The number of benzene rings is 2. The van der Waals surface area contributed by atoms with Gasteiger partial charge in [0.25, 0.3) is 5.91 Å². The van der Waals surface area contributed by atoms with Crippen molar-refractivity contribution < 1.29 is 19.1 Å². The van der Waals surface area contributed by atoms with Crippen molar-refractivity contribution in [1.29, 1.82) is 0 Å². The Morgan fingerprint density at radius 3 is 2.39 bits per heavy atom. The van der Waals surface area contributed by atoms with E-state index in [9.17, 15) is 9.59 Å². The molecule has 0 bridgehead atoms. The van der Waals surface area contributed by atoms with E-state index in [1.807, 2.05) is 35.4 Å². The quantitative estimate of drug-likeness (QED) is 0.296. The van der Waals surface area contributed by atoms with E-state index in [4.69, 9.17) is 21.1 Å². The van der Waals surface area contributed by atoms with Crippen LogP contribution in [0.2, 0.25) is 5.02 Å². The van der Waals surface area contributed by atoms with Crippen molar-refractivity contribution in [3.8, 4) is 11.5 Å². The van der Waals surface area contributed by atoms with E-state index in [0.717, 1.165) is 22.4 Å². The van der Waals surface area contributed by atoms with E-state index in [-0.39, 0.29) is 18.4 Å². The van der Waals surface area contributed by atoms with Crippen molar-refractivity contribution in [1.82, 2.24) is 9.80 Å². The van der Waals surface area contributed by atoms with Crippen LogP contribution in [0.15, 0.2) is 53.9 Å². The van der Waals surface area contributed by atoms with Gasteiger partial charge in [-0.3, -0.25) is 9.59 Å². The Kier molecular flexibility index (Phi) is 10.2. The molecule has 0 fully saturated rings. The third-order valence-electron chi connectivity index (χ3n) is 5.95. The van der Waals surface area contributed by atoms with Gasteiger partial charge in [0, 0.05) is 28.6 Å². The average molecular weight is 529 g/mol. The highest BCUT2D eigenvalue weighted by molar-refractivity contribution is 7.10. The monoisotopic (exact) mass is 528 g/mol. The molecule has 192 valence electrons. The zero-order chi connectivity index (χ0) is 26.1. The van der Waals surface area contributed by atoms with Gasteiger partial charge in [0.2, 0.25) is 5.91 Å². The molecular weight excluding hydrogens is 496 g/mol. The lowest BCUT2D eigenvalue weighted by Gasteiger charge is -2.28. The minimum Gasteiger partial charge on any atom is -0.493 e. The van der Waals surface area contributed by atoms with Crippen molar-refractivity contribution in [2.24, 2.45) is 0 Å². The number of amides is 2. The SMILES string of the molecule is CCCN(CC(=O)N(CCc1ccc(OC)c(OC)c1)Cc1sccc1C)C(=O)c1cccc(Cl)c1. The molecule has 0 aliphatic rings. The zero-order valence-electron chi connectivity index (χ0n) is 21.3. The number of carbonyl (C=O) groups excluding carboxylic acids is 2. The van der Waals surface area contributed by atoms with Crippen LogP contribution in [-0.4, -0.2) is 55.5 Å². The van der Waals surface area contributed by atoms with Gasteiger partial charge in [-0.15, -0.1) is 11.3 Å². The van der Waals surface area contributed by atoms with Crippen molar-refractivity contribution >= 4 is 34.8 Å². The van der Waals surface area contributed by atoms with Gasteiger partial charge >= 0.3 is 0 Å². The first-order valence-electron chi connectivity index (χ1n) is 11.9. The van der Waals surface area contributed by atoms with Crippen molar-refractivity contribution in [3.05, 3.63) is 80.5 Å². The summed E-state index contributed by atoms with van der Waals surface area (Å²) in [7, 11) is 3.21. The number of halogens is 1. The van der Waals surface area contributed by atoms with E-state index in [1.54, 1.807) is 54.7 Å². The molecular formula is C28H33ClN2O4S. The molecule has 0 aliphatic carbocycles. The number of ether oxygens (including phenoxy) is 2. The summed E-state index contributed by atoms with van der Waals surface area (Å²) in [5.74, 6) is 1.04. The molecule has 0 radical (unpaired) electrons. The lowest BCUT2D eigenvalue weighted by molar-refractivity contribution is -0.132. The second kappa shape index (κ2) is 13.3. The Morgan fingerprint density at radius 1 is 0.972 bits per heavy atom. The summed E-state index contributed by atoms with van der Waals surface area (Å²) in [6.45, 7) is 5.55. The van der Waals surface area contributed by atoms with E-state index in [0.29, 0.717) is 48.1 Å². The Balaban J connectivity index is 1.79. The molecule has 36 heavy (non-hydrogen) atoms. The maximum atomic E-state index is 13.6. The summed E-state index contributed by atoms with van der Waals surface area (Å²) in [6.07, 6.45) is 1.39. The Morgan fingerprint density at radius 2 is 1.75 bits per heavy atom. The first-order valence-corrected chi connectivity index (χ1v) is 13.2. The number of methoxy groups -OCH3 is 2. The molecule has 2 aromatic carbocycles. The molecule has 8 heteroatoms. The maximum absolute atomic E-state index is 13.6. The maximum Gasteiger partial charge on any atom is 0.254 e. The minimum absolute atomic E-state index is 0.00947. The lowest BCUT2D eigenvalue weighted by Crippen LogP contribution is -2.43. The van der Waals surface area contributed by atoms with Crippen LogP contribution in [0.5, 0.6) is 11.5 Å². The molecule has 0 spiro atoms. The van der Waals surface area contributed by atoms with Crippen LogP contribution in [0.3, 0.4) is 0 Å². The first kappa shape index (κ1) is 27.6. The standard InChI is InChI=1S/C28H33ClN2O4S/c1-5-13-31(28(33)22-7-6-8-23(29)17-22)19-27(32)30(18-26-20(2)12-15-36-26)14-11-21-9-10-24(34-3)25(16-21)35-4/h6-10,12,15-17H,5,11,13-14,18-19H2,1-4H3. The molecule has 3 rings (SSSR count). The fourth-order valence-corrected chi connectivity index (χ4v) is 5.03. The normalized spacial score (nSPS) is 10.7. The van der Waals surface area contributed by atoms with Crippen LogP contribution in [0.4, 0.5) is 0 Å². The highest BCUT2D eigenvalue weighted by atomic mass is 35.5. The van der Waals surface area contributed by atoms with Gasteiger partial charge in [0.15, 0.2) is 11.5 Å². The van der Waals surface area contributed by atoms with Crippen molar-refractivity contribution in [2.75, 3.05) is 33.9 Å². The summed E-state index contributed by atoms with van der Waals surface area (Å²) in [5, 5.41) is 2.53. The molecule has 0 unspecified atom stereocenters. The Hall–Kier alpha value is -3.03. The second-order valence-electron chi connectivity index (χ2n) is 8.52. The van der Waals surface area contributed by atoms with E-state index in [2.05, 4.69) is 13.0 Å². The van der Waals surface area contributed by atoms with Crippen LogP contribution >= 0.6 is 22.9 Å². The number of carbonyl (C=O) groups is 2. The summed E-state index contributed by atoms with van der Waals surface area (Å²) in [4.78, 5) is 31.4. The molecule has 1 heterocycles. The largest absolute Gasteiger partial charge is 0.493 e. The van der Waals surface area contributed by atoms with Gasteiger partial charge in [-0.2, -0.15) is 0 Å². The average Bonchev–Trinajstić information content (AvgIpc) is 3.29. The molecule has 2 amide bonds. The number of nitrogens with zero attached hydrogens (tertiary/aromatic N) is 2. The van der Waals surface area contributed by atoms with Crippen LogP contribution < -0.4 is 9.47 Å². The van der Waals surface area contributed by atoms with Crippen LogP contribution in [0, 0.1) is 6.92 Å². The predicted molar refractivity (Wildman–Crippen MR) is 145 cm³/mol. The number of aryl methyl sites for hydroxylation is 1. The van der Waals surface area contributed by atoms with E-state index >= 15 is 0 Å². The summed E-state index contributed by atoms with van der Waals surface area (Å²) in [5.41, 5.74) is 2.67. The van der Waals surface area contributed by atoms with Gasteiger partial charge in [-0.05, 0) is 72.7 Å². The first-order chi connectivity index (χ1) is 17.4. The second-order valence-corrected chi connectivity index (χ2v) is 9.96. The molecule has 6 nitrogen and oxygen atoms in total. The molecule has 0 saturated carbocycles. The lowest BCUT2D eigenvalue weighted by atomic mass is 10.1. The molecule has 3 aromatic rings. The molecule has 0 saturated heterocycles. The molecule has 0 aliphatic heterocycles. The number of hydrogen-bond acceptors (Lipinski definition) is 5. The number of thiophene rings is 1. The molecule has 0 N–H and O–H groups in total. The van der Waals surface area contributed by atoms with E-state index < -0.39 is 0 Å². The number of rotatable bonds is 12. The summed E-state index contributed by atoms with van der Waals surface area (Å²) in [6, 6.07) is 14.7. The zero-order valence-corrected chi connectivity index (χ0v) is 22.8. The van der Waals surface area contributed by atoms with Gasteiger partial charge in [0.05, 0.1) is 20.8 Å². The summed E-state index contributed by atoms with van der Waals surface area (Å²) < 4.78 is 10.8. The molecule has 1 aromatic heterocycles. The Bertz CT molecular complexity index is 1180. The highest BCUT2D eigenvalue weighted by Crippen LogP contribution is 2.28. The minimum atomic E-state index is -0.195. The Labute approximate surface area is 222 Å².